The SMILES string of the molecule is C=CCNc1ncnc(Nc2ccc(F)c(Cl)c2)c1[N+](=O)[O-]. The maximum absolute atomic E-state index is 13.1. The van der Waals surface area contributed by atoms with Gasteiger partial charge in [0, 0.05) is 12.2 Å². The topological polar surface area (TPSA) is 93.0 Å². The van der Waals surface area contributed by atoms with Crippen LogP contribution in [0.1, 0.15) is 0 Å². The molecule has 1 aromatic heterocycles. The highest BCUT2D eigenvalue weighted by Crippen LogP contribution is 2.31. The predicted molar refractivity (Wildman–Crippen MR) is 82.1 cm³/mol. The number of nitro groups is 1. The normalized spacial score (nSPS) is 10.1. The van der Waals surface area contributed by atoms with Crippen molar-refractivity contribution in [3.05, 3.63) is 58.1 Å². The minimum atomic E-state index is -0.612. The lowest BCUT2D eigenvalue weighted by atomic mass is 10.3. The summed E-state index contributed by atoms with van der Waals surface area (Å²) in [7, 11) is 0. The number of halogens is 2. The molecule has 22 heavy (non-hydrogen) atoms. The van der Waals surface area contributed by atoms with Crippen LogP contribution in [-0.2, 0) is 0 Å². The predicted octanol–water partition coefficient (Wildman–Crippen LogP) is 3.52. The van der Waals surface area contributed by atoms with E-state index in [1.165, 1.54) is 18.5 Å². The molecule has 9 heteroatoms. The van der Waals surface area contributed by atoms with Crippen LogP contribution in [0.25, 0.3) is 0 Å². The Morgan fingerprint density at radius 1 is 1.41 bits per heavy atom. The quantitative estimate of drug-likeness (QED) is 0.480. The second-order valence-corrected chi connectivity index (χ2v) is 4.51. The molecule has 0 aliphatic rings. The molecule has 0 aliphatic heterocycles. The Hall–Kier alpha value is -2.74. The van der Waals surface area contributed by atoms with Crippen LogP contribution in [-0.4, -0.2) is 21.4 Å². The lowest BCUT2D eigenvalue weighted by Gasteiger charge is -2.09. The number of nitrogens with one attached hydrogen (secondary N) is 2. The molecule has 0 unspecified atom stereocenters. The Balaban J connectivity index is 2.39. The van der Waals surface area contributed by atoms with Gasteiger partial charge < -0.3 is 10.6 Å². The highest BCUT2D eigenvalue weighted by atomic mass is 35.5. The van der Waals surface area contributed by atoms with Crippen LogP contribution in [0.5, 0.6) is 0 Å². The van der Waals surface area contributed by atoms with Gasteiger partial charge in [0.2, 0.25) is 11.6 Å². The van der Waals surface area contributed by atoms with Crippen molar-refractivity contribution in [1.29, 1.82) is 0 Å². The zero-order chi connectivity index (χ0) is 16.1. The average Bonchev–Trinajstić information content (AvgIpc) is 2.48. The minimum absolute atomic E-state index is 0.0331. The summed E-state index contributed by atoms with van der Waals surface area (Å²) in [5.74, 6) is -0.567. The van der Waals surface area contributed by atoms with Crippen molar-refractivity contribution in [2.45, 2.75) is 0 Å². The Labute approximate surface area is 130 Å². The number of anilines is 3. The summed E-state index contributed by atoms with van der Waals surface area (Å²) >= 11 is 5.68. The molecular formula is C13H11ClFN5O2. The van der Waals surface area contributed by atoms with Crippen LogP contribution in [0.15, 0.2) is 37.2 Å². The highest BCUT2D eigenvalue weighted by molar-refractivity contribution is 6.31. The van der Waals surface area contributed by atoms with E-state index >= 15 is 0 Å². The number of rotatable bonds is 6. The highest BCUT2D eigenvalue weighted by Gasteiger charge is 2.22. The molecule has 2 rings (SSSR count). The Bertz CT molecular complexity index is 726. The first kappa shape index (κ1) is 15.6. The van der Waals surface area contributed by atoms with Crippen molar-refractivity contribution in [2.75, 3.05) is 17.2 Å². The van der Waals surface area contributed by atoms with Crippen molar-refractivity contribution >= 4 is 34.6 Å². The fourth-order valence-corrected chi connectivity index (χ4v) is 1.83. The van der Waals surface area contributed by atoms with Crippen LogP contribution in [0.3, 0.4) is 0 Å². The zero-order valence-electron chi connectivity index (χ0n) is 11.2. The second kappa shape index (κ2) is 6.81. The first-order chi connectivity index (χ1) is 10.5. The Kier molecular flexibility index (Phi) is 4.84. The van der Waals surface area contributed by atoms with Gasteiger partial charge in [-0.25, -0.2) is 14.4 Å². The van der Waals surface area contributed by atoms with Crippen LogP contribution in [0.4, 0.5) is 27.4 Å². The van der Waals surface area contributed by atoms with E-state index in [4.69, 9.17) is 11.6 Å². The average molecular weight is 324 g/mol. The molecule has 0 radical (unpaired) electrons. The van der Waals surface area contributed by atoms with Gasteiger partial charge in [0.15, 0.2) is 0 Å². The fourth-order valence-electron chi connectivity index (χ4n) is 1.65. The third kappa shape index (κ3) is 3.47. The molecule has 0 amide bonds. The van der Waals surface area contributed by atoms with Crippen molar-refractivity contribution in [3.63, 3.8) is 0 Å². The van der Waals surface area contributed by atoms with E-state index in [1.54, 1.807) is 6.08 Å². The molecule has 0 aliphatic carbocycles. The van der Waals surface area contributed by atoms with E-state index in [0.717, 1.165) is 6.07 Å². The summed E-state index contributed by atoms with van der Waals surface area (Å²) in [6, 6.07) is 3.85. The molecule has 1 heterocycles. The second-order valence-electron chi connectivity index (χ2n) is 4.10. The van der Waals surface area contributed by atoms with Gasteiger partial charge >= 0.3 is 5.69 Å². The first-order valence-electron chi connectivity index (χ1n) is 6.09. The fraction of sp³-hybridized carbons (Fsp3) is 0.0769. The first-order valence-corrected chi connectivity index (χ1v) is 6.47. The Morgan fingerprint density at radius 3 is 2.77 bits per heavy atom. The third-order valence-corrected chi connectivity index (χ3v) is 2.89. The van der Waals surface area contributed by atoms with Crippen molar-refractivity contribution in [3.8, 4) is 0 Å². The number of nitrogens with zero attached hydrogens (tertiary/aromatic N) is 3. The van der Waals surface area contributed by atoms with Gasteiger partial charge in [-0.3, -0.25) is 10.1 Å². The summed E-state index contributed by atoms with van der Waals surface area (Å²) in [6.45, 7) is 3.82. The molecule has 0 atom stereocenters. The molecule has 7 nitrogen and oxygen atoms in total. The van der Waals surface area contributed by atoms with Gasteiger partial charge in [-0.1, -0.05) is 17.7 Å². The summed E-state index contributed by atoms with van der Waals surface area (Å²) < 4.78 is 13.1. The van der Waals surface area contributed by atoms with Crippen molar-refractivity contribution in [2.24, 2.45) is 0 Å². The maximum Gasteiger partial charge on any atom is 0.353 e. The van der Waals surface area contributed by atoms with Gasteiger partial charge in [-0.2, -0.15) is 0 Å². The van der Waals surface area contributed by atoms with Crippen LogP contribution in [0.2, 0.25) is 5.02 Å². The van der Waals surface area contributed by atoms with Gasteiger partial charge in [-0.15, -0.1) is 6.58 Å². The third-order valence-electron chi connectivity index (χ3n) is 2.60. The Morgan fingerprint density at radius 2 is 2.14 bits per heavy atom. The van der Waals surface area contributed by atoms with Crippen LogP contribution >= 0.6 is 11.6 Å². The van der Waals surface area contributed by atoms with E-state index in [-0.39, 0.29) is 22.3 Å². The van der Waals surface area contributed by atoms with E-state index < -0.39 is 10.7 Å². The largest absolute Gasteiger partial charge is 0.361 e. The molecule has 1 aromatic carbocycles. The molecular weight excluding hydrogens is 313 g/mol. The molecule has 0 saturated heterocycles. The molecule has 2 aromatic rings. The number of aromatic nitrogens is 2. The standard InChI is InChI=1S/C13H11ClFN5O2/c1-2-5-16-12-11(20(21)22)13(18-7-17-12)19-8-3-4-10(15)9(14)6-8/h2-4,6-7H,1,5H2,(H2,16,17,18,19). The summed E-state index contributed by atoms with van der Waals surface area (Å²) in [5, 5.41) is 16.6. The molecule has 2 N–H and O–H groups in total. The van der Waals surface area contributed by atoms with E-state index in [1.807, 2.05) is 0 Å². The van der Waals surface area contributed by atoms with E-state index in [0.29, 0.717) is 12.2 Å². The molecule has 0 saturated carbocycles. The number of hydrogen-bond donors (Lipinski definition) is 2. The molecule has 0 spiro atoms. The molecule has 0 fully saturated rings. The summed E-state index contributed by atoms with van der Waals surface area (Å²) in [5.41, 5.74) is 0.0349. The monoisotopic (exact) mass is 323 g/mol. The zero-order valence-corrected chi connectivity index (χ0v) is 12.0. The number of hydrogen-bond acceptors (Lipinski definition) is 6. The van der Waals surface area contributed by atoms with E-state index in [2.05, 4.69) is 27.2 Å². The summed E-state index contributed by atoms with van der Waals surface area (Å²) in [6.07, 6.45) is 2.71. The van der Waals surface area contributed by atoms with Gasteiger partial charge in [0.25, 0.3) is 0 Å². The minimum Gasteiger partial charge on any atom is -0.361 e. The van der Waals surface area contributed by atoms with Crippen LogP contribution in [0, 0.1) is 15.9 Å². The van der Waals surface area contributed by atoms with Crippen molar-refractivity contribution in [1.82, 2.24) is 9.97 Å². The molecule has 114 valence electrons. The summed E-state index contributed by atoms with van der Waals surface area (Å²) in [4.78, 5) is 18.3. The number of benzene rings is 1. The van der Waals surface area contributed by atoms with Gasteiger partial charge in [-0.05, 0) is 18.2 Å². The smallest absolute Gasteiger partial charge is 0.353 e. The maximum atomic E-state index is 13.1. The van der Waals surface area contributed by atoms with Gasteiger partial charge in [0.1, 0.15) is 12.1 Å². The molecule has 0 bridgehead atoms. The van der Waals surface area contributed by atoms with Crippen LogP contribution < -0.4 is 10.6 Å². The van der Waals surface area contributed by atoms with E-state index in [9.17, 15) is 14.5 Å². The van der Waals surface area contributed by atoms with Crippen molar-refractivity contribution < 1.29 is 9.31 Å². The lowest BCUT2D eigenvalue weighted by molar-refractivity contribution is -0.383. The van der Waals surface area contributed by atoms with Gasteiger partial charge in [0.05, 0.1) is 9.95 Å². The lowest BCUT2D eigenvalue weighted by Crippen LogP contribution is -2.08.